The highest BCUT2D eigenvalue weighted by Gasteiger charge is 2.25. The van der Waals surface area contributed by atoms with E-state index in [-0.39, 0.29) is 11.5 Å². The van der Waals surface area contributed by atoms with E-state index in [1.165, 1.54) is 0 Å². The van der Waals surface area contributed by atoms with Gasteiger partial charge in [-0.05, 0) is 12.1 Å². The highest BCUT2D eigenvalue weighted by molar-refractivity contribution is 7.75. The highest BCUT2D eigenvalue weighted by atomic mass is 32.2. The molecule has 0 unspecified atom stereocenters. The second-order valence-electron chi connectivity index (χ2n) is 2.77. The molecule has 0 fully saturated rings. The number of rotatable bonds is 0. The quantitative estimate of drug-likeness (QED) is 0.578. The summed E-state index contributed by atoms with van der Waals surface area (Å²) in [6.07, 6.45) is 0. The fraction of sp³-hybridized carbons (Fsp3) is 0.111. The van der Waals surface area contributed by atoms with Gasteiger partial charge in [-0.15, -0.1) is 0 Å². The van der Waals surface area contributed by atoms with Gasteiger partial charge in [0.2, 0.25) is 16.1 Å². The number of benzene rings is 1. The minimum atomic E-state index is -2.50. The first-order valence-electron chi connectivity index (χ1n) is 3.92. The molecule has 0 aromatic heterocycles. The summed E-state index contributed by atoms with van der Waals surface area (Å²) in [6.45, 7) is -0.175. The van der Waals surface area contributed by atoms with Gasteiger partial charge in [-0.25, -0.2) is 0 Å². The highest BCUT2D eigenvalue weighted by Crippen LogP contribution is 2.22. The van der Waals surface area contributed by atoms with E-state index in [0.29, 0.717) is 11.3 Å². The molecule has 1 aromatic rings. The molecule has 72 valence electrons. The number of hydrogen-bond acceptors (Lipinski definition) is 4. The molecule has 2 rings (SSSR count). The fourth-order valence-corrected chi connectivity index (χ4v) is 1.68. The SMILES string of the molecule is O=C1C(=S(=O)=O)COc2ccccc21. The van der Waals surface area contributed by atoms with Gasteiger partial charge in [-0.3, -0.25) is 4.79 Å². The third-order valence-corrected chi connectivity index (χ3v) is 2.65. The Balaban J connectivity index is 2.64. The van der Waals surface area contributed by atoms with Crippen molar-refractivity contribution in [3.05, 3.63) is 29.8 Å². The predicted molar refractivity (Wildman–Crippen MR) is 50.2 cm³/mol. The largest absolute Gasteiger partial charge is 0.487 e. The first kappa shape index (κ1) is 8.96. The minimum absolute atomic E-state index is 0.175. The van der Waals surface area contributed by atoms with Crippen molar-refractivity contribution in [1.82, 2.24) is 0 Å². The van der Waals surface area contributed by atoms with E-state index in [1.54, 1.807) is 24.3 Å². The Morgan fingerprint density at radius 3 is 2.64 bits per heavy atom. The maximum Gasteiger partial charge on any atom is 0.224 e. The van der Waals surface area contributed by atoms with Gasteiger partial charge in [0.05, 0.1) is 5.56 Å². The average molecular weight is 210 g/mol. The van der Waals surface area contributed by atoms with Gasteiger partial charge in [0, 0.05) is 0 Å². The third-order valence-electron chi connectivity index (χ3n) is 1.94. The lowest BCUT2D eigenvalue weighted by Crippen LogP contribution is -2.28. The van der Waals surface area contributed by atoms with Crippen LogP contribution in [0.4, 0.5) is 0 Å². The van der Waals surface area contributed by atoms with E-state index in [2.05, 4.69) is 0 Å². The third kappa shape index (κ3) is 1.31. The predicted octanol–water partition coefficient (Wildman–Crippen LogP) is 0.313. The molecule has 0 N–H and O–H groups in total. The number of ketones is 1. The molecule has 0 amide bonds. The lowest BCUT2D eigenvalue weighted by atomic mass is 10.1. The Morgan fingerprint density at radius 1 is 1.21 bits per heavy atom. The standard InChI is InChI=1S/C9H6O4S/c10-9-6-3-1-2-4-7(6)13-5-8(9)14(11)12/h1-4H,5H2. The van der Waals surface area contributed by atoms with Gasteiger partial charge >= 0.3 is 0 Å². The number of carbonyl (C=O) groups excluding carboxylic acids is 1. The summed E-state index contributed by atoms with van der Waals surface area (Å²) in [7, 11) is -2.50. The van der Waals surface area contributed by atoms with Gasteiger partial charge in [-0.2, -0.15) is 8.42 Å². The van der Waals surface area contributed by atoms with Crippen molar-refractivity contribution in [1.29, 1.82) is 0 Å². The molecule has 0 aliphatic carbocycles. The molecular formula is C9H6O4S. The lowest BCUT2D eigenvalue weighted by molar-refractivity contribution is 0.105. The van der Waals surface area contributed by atoms with E-state index in [0.717, 1.165) is 0 Å². The summed E-state index contributed by atoms with van der Waals surface area (Å²) < 4.78 is 26.4. The van der Waals surface area contributed by atoms with Crippen LogP contribution in [0.3, 0.4) is 0 Å². The van der Waals surface area contributed by atoms with E-state index in [4.69, 9.17) is 4.74 Å². The maximum absolute atomic E-state index is 11.5. The topological polar surface area (TPSA) is 60.4 Å². The van der Waals surface area contributed by atoms with Crippen LogP contribution in [-0.4, -0.2) is 25.7 Å². The molecule has 1 heterocycles. The molecule has 0 saturated carbocycles. The molecule has 1 aromatic carbocycles. The molecule has 5 heteroatoms. The second-order valence-corrected chi connectivity index (χ2v) is 3.73. The molecule has 4 nitrogen and oxygen atoms in total. The number of carbonyl (C=O) groups is 1. The smallest absolute Gasteiger partial charge is 0.224 e. The lowest BCUT2D eigenvalue weighted by Gasteiger charge is -2.15. The summed E-state index contributed by atoms with van der Waals surface area (Å²) in [5.41, 5.74) is 0.304. The van der Waals surface area contributed by atoms with Crippen LogP contribution >= 0.6 is 0 Å². The molecular weight excluding hydrogens is 204 g/mol. The van der Waals surface area contributed by atoms with Gasteiger partial charge in [0.1, 0.15) is 12.4 Å². The van der Waals surface area contributed by atoms with E-state index in [9.17, 15) is 13.2 Å². The second kappa shape index (κ2) is 3.26. The van der Waals surface area contributed by atoms with Crippen molar-refractivity contribution in [2.24, 2.45) is 0 Å². The van der Waals surface area contributed by atoms with Crippen molar-refractivity contribution in [3.63, 3.8) is 0 Å². The molecule has 1 aliphatic rings. The average Bonchev–Trinajstić information content (AvgIpc) is 2.18. The van der Waals surface area contributed by atoms with Gasteiger partial charge in [0.15, 0.2) is 4.86 Å². The van der Waals surface area contributed by atoms with Crippen LogP contribution in [0.15, 0.2) is 24.3 Å². The van der Waals surface area contributed by atoms with Crippen LogP contribution < -0.4 is 4.74 Å². The van der Waals surface area contributed by atoms with Crippen LogP contribution in [0, 0.1) is 0 Å². The fourth-order valence-electron chi connectivity index (χ4n) is 1.26. The number of ether oxygens (including phenoxy) is 1. The maximum atomic E-state index is 11.5. The molecule has 0 radical (unpaired) electrons. The van der Waals surface area contributed by atoms with Crippen LogP contribution in [0.1, 0.15) is 10.4 Å². The van der Waals surface area contributed by atoms with Crippen LogP contribution in [0.2, 0.25) is 0 Å². The Bertz CT molecular complexity index is 519. The van der Waals surface area contributed by atoms with Crippen molar-refractivity contribution < 1.29 is 17.9 Å². The first-order valence-corrected chi connectivity index (χ1v) is 4.99. The Labute approximate surface area is 81.7 Å². The zero-order chi connectivity index (χ0) is 10.1. The monoisotopic (exact) mass is 210 g/mol. The number of para-hydroxylation sites is 1. The van der Waals surface area contributed by atoms with Crippen molar-refractivity contribution in [2.75, 3.05) is 6.61 Å². The van der Waals surface area contributed by atoms with E-state index < -0.39 is 16.1 Å². The van der Waals surface area contributed by atoms with Gasteiger partial charge in [-0.1, -0.05) is 12.1 Å². The number of fused-ring (bicyclic) bond motifs is 1. The summed E-state index contributed by atoms with van der Waals surface area (Å²) in [4.78, 5) is 11.3. The summed E-state index contributed by atoms with van der Waals surface area (Å²) in [5, 5.41) is 0. The summed E-state index contributed by atoms with van der Waals surface area (Å²) in [5.74, 6) is -0.0353. The molecule has 14 heavy (non-hydrogen) atoms. The normalized spacial score (nSPS) is 14.6. The zero-order valence-electron chi connectivity index (χ0n) is 7.06. The van der Waals surface area contributed by atoms with E-state index >= 15 is 0 Å². The Morgan fingerprint density at radius 2 is 1.93 bits per heavy atom. The zero-order valence-corrected chi connectivity index (χ0v) is 7.87. The molecule has 0 saturated heterocycles. The summed E-state index contributed by atoms with van der Waals surface area (Å²) >= 11 is 0. The van der Waals surface area contributed by atoms with Crippen LogP contribution in [0.5, 0.6) is 5.75 Å². The first-order chi connectivity index (χ1) is 6.70. The van der Waals surface area contributed by atoms with Crippen LogP contribution in [-0.2, 0) is 10.3 Å². The van der Waals surface area contributed by atoms with Gasteiger partial charge in [0.25, 0.3) is 0 Å². The molecule has 1 aliphatic heterocycles. The molecule has 0 bridgehead atoms. The van der Waals surface area contributed by atoms with E-state index in [1.807, 2.05) is 0 Å². The number of hydrogen-bond donors (Lipinski definition) is 0. The van der Waals surface area contributed by atoms with Gasteiger partial charge < -0.3 is 4.74 Å². The molecule has 0 spiro atoms. The van der Waals surface area contributed by atoms with Crippen molar-refractivity contribution in [3.8, 4) is 5.75 Å². The Hall–Kier alpha value is -1.62. The number of Topliss-reactive ketones (excluding diaryl/α,β-unsaturated/α-hetero) is 1. The van der Waals surface area contributed by atoms with Crippen molar-refractivity contribution >= 4 is 20.9 Å². The minimum Gasteiger partial charge on any atom is -0.487 e. The summed E-state index contributed by atoms with van der Waals surface area (Å²) in [6, 6.07) is 6.57. The van der Waals surface area contributed by atoms with Crippen LogP contribution in [0.25, 0.3) is 0 Å². The Kier molecular flexibility index (Phi) is 2.09. The molecule has 0 atom stereocenters. The van der Waals surface area contributed by atoms with Crippen molar-refractivity contribution in [2.45, 2.75) is 0 Å².